The highest BCUT2D eigenvalue weighted by atomic mass is 16.1. The van der Waals surface area contributed by atoms with Crippen LogP contribution in [0.4, 0.5) is 0 Å². The van der Waals surface area contributed by atoms with Gasteiger partial charge in [0.25, 0.3) is 0 Å². The zero-order valence-electron chi connectivity index (χ0n) is 12.1. The number of aromatic nitrogens is 2. The first-order chi connectivity index (χ1) is 10.3. The van der Waals surface area contributed by atoms with E-state index < -0.39 is 0 Å². The van der Waals surface area contributed by atoms with Gasteiger partial charge in [-0.05, 0) is 42.7 Å². The zero-order chi connectivity index (χ0) is 14.5. The molecular formula is C17H21N3O. The number of hydrogen-bond donors (Lipinski definition) is 2. The predicted octanol–water partition coefficient (Wildman–Crippen LogP) is 3.00. The summed E-state index contributed by atoms with van der Waals surface area (Å²) in [5.74, 6) is 0.920. The van der Waals surface area contributed by atoms with Gasteiger partial charge in [0.1, 0.15) is 0 Å². The number of nitrogens with one attached hydrogen (secondary N) is 2. The normalized spacial score (nSPS) is 21.9. The Balaban J connectivity index is 1.47. The smallest absolute Gasteiger partial charge is 0.223 e. The molecule has 0 unspecified atom stereocenters. The molecule has 1 heterocycles. The molecule has 110 valence electrons. The average molecular weight is 283 g/mol. The van der Waals surface area contributed by atoms with Crippen molar-refractivity contribution in [2.75, 3.05) is 0 Å². The first-order valence-electron chi connectivity index (χ1n) is 7.63. The summed E-state index contributed by atoms with van der Waals surface area (Å²) in [7, 11) is 0. The molecule has 1 fully saturated rings. The predicted molar refractivity (Wildman–Crippen MR) is 81.6 cm³/mol. The summed E-state index contributed by atoms with van der Waals surface area (Å²) >= 11 is 0. The van der Waals surface area contributed by atoms with E-state index in [-0.39, 0.29) is 11.8 Å². The van der Waals surface area contributed by atoms with E-state index in [1.165, 1.54) is 5.56 Å². The van der Waals surface area contributed by atoms with Crippen LogP contribution in [0.15, 0.2) is 42.7 Å². The van der Waals surface area contributed by atoms with Gasteiger partial charge in [0.15, 0.2) is 0 Å². The molecule has 2 aromatic rings. The van der Waals surface area contributed by atoms with Crippen LogP contribution in [0.2, 0.25) is 0 Å². The Morgan fingerprint density at radius 2 is 1.95 bits per heavy atom. The van der Waals surface area contributed by atoms with E-state index in [1.807, 2.05) is 42.7 Å². The molecule has 1 saturated carbocycles. The van der Waals surface area contributed by atoms with Gasteiger partial charge in [-0.3, -0.25) is 9.89 Å². The van der Waals surface area contributed by atoms with Crippen molar-refractivity contribution in [1.29, 1.82) is 0 Å². The van der Waals surface area contributed by atoms with Crippen LogP contribution in [0.5, 0.6) is 0 Å². The summed E-state index contributed by atoms with van der Waals surface area (Å²) in [6.07, 6.45) is 7.96. The molecule has 0 spiro atoms. The fourth-order valence-corrected chi connectivity index (χ4v) is 3.10. The Hall–Kier alpha value is -2.10. The molecule has 0 radical (unpaired) electrons. The summed E-state index contributed by atoms with van der Waals surface area (Å²) in [5.41, 5.74) is 2.43. The lowest BCUT2D eigenvalue weighted by atomic mass is 9.79. The van der Waals surface area contributed by atoms with Gasteiger partial charge >= 0.3 is 0 Å². The third kappa shape index (κ3) is 3.51. The van der Waals surface area contributed by atoms with Crippen molar-refractivity contribution in [3.05, 3.63) is 53.9 Å². The van der Waals surface area contributed by atoms with Gasteiger partial charge in [-0.25, -0.2) is 0 Å². The van der Waals surface area contributed by atoms with Gasteiger partial charge in [-0.2, -0.15) is 5.10 Å². The quantitative estimate of drug-likeness (QED) is 0.906. The summed E-state index contributed by atoms with van der Waals surface area (Å²) in [4.78, 5) is 12.2. The number of amides is 1. The molecule has 1 aromatic heterocycles. The number of carbonyl (C=O) groups excluding carboxylic acids is 1. The number of aromatic amines is 1. The van der Waals surface area contributed by atoms with Crippen molar-refractivity contribution < 1.29 is 4.79 Å². The first-order valence-corrected chi connectivity index (χ1v) is 7.63. The molecule has 0 aliphatic heterocycles. The molecule has 2 N–H and O–H groups in total. The number of rotatable bonds is 4. The fourth-order valence-electron chi connectivity index (χ4n) is 3.10. The SMILES string of the molecule is O=C(NCc1ccccc1)C1CCC(c2cn[nH]c2)CC1. The Bertz CT molecular complexity index is 557. The second-order valence-electron chi connectivity index (χ2n) is 5.78. The van der Waals surface area contributed by atoms with E-state index in [0.29, 0.717) is 12.5 Å². The van der Waals surface area contributed by atoms with Gasteiger partial charge in [-0.1, -0.05) is 30.3 Å². The van der Waals surface area contributed by atoms with Crippen LogP contribution < -0.4 is 5.32 Å². The van der Waals surface area contributed by atoms with Crippen LogP contribution in [0, 0.1) is 5.92 Å². The minimum Gasteiger partial charge on any atom is -0.352 e. The van der Waals surface area contributed by atoms with Gasteiger partial charge in [0.2, 0.25) is 5.91 Å². The monoisotopic (exact) mass is 283 g/mol. The van der Waals surface area contributed by atoms with Crippen LogP contribution in [-0.2, 0) is 11.3 Å². The van der Waals surface area contributed by atoms with Crippen molar-refractivity contribution >= 4 is 5.91 Å². The minimum absolute atomic E-state index is 0.164. The maximum Gasteiger partial charge on any atom is 0.223 e. The van der Waals surface area contributed by atoms with E-state index in [2.05, 4.69) is 15.5 Å². The Kier molecular flexibility index (Phi) is 4.34. The van der Waals surface area contributed by atoms with Crippen LogP contribution in [0.25, 0.3) is 0 Å². The molecule has 0 atom stereocenters. The lowest BCUT2D eigenvalue weighted by Gasteiger charge is -2.27. The number of hydrogen-bond acceptors (Lipinski definition) is 2. The summed E-state index contributed by atoms with van der Waals surface area (Å²) < 4.78 is 0. The second kappa shape index (κ2) is 6.57. The second-order valence-corrected chi connectivity index (χ2v) is 5.78. The van der Waals surface area contributed by atoms with Crippen molar-refractivity contribution in [1.82, 2.24) is 15.5 Å². The van der Waals surface area contributed by atoms with Crippen molar-refractivity contribution in [3.8, 4) is 0 Å². The standard InChI is InChI=1S/C17H21N3O/c21-17(18-10-13-4-2-1-3-5-13)15-8-6-14(7-9-15)16-11-19-20-12-16/h1-5,11-12,14-15H,6-10H2,(H,18,21)(H,19,20). The Morgan fingerprint density at radius 3 is 2.62 bits per heavy atom. The summed E-state index contributed by atoms with van der Waals surface area (Å²) in [5, 5.41) is 9.94. The van der Waals surface area contributed by atoms with E-state index in [1.54, 1.807) is 0 Å². The number of nitrogens with zero attached hydrogens (tertiary/aromatic N) is 1. The number of H-pyrrole nitrogens is 1. The highest BCUT2D eigenvalue weighted by Crippen LogP contribution is 2.35. The van der Waals surface area contributed by atoms with Crippen molar-refractivity contribution in [3.63, 3.8) is 0 Å². The van der Waals surface area contributed by atoms with Crippen molar-refractivity contribution in [2.24, 2.45) is 5.92 Å². The molecule has 0 bridgehead atoms. The molecule has 1 aliphatic carbocycles. The molecule has 4 heteroatoms. The minimum atomic E-state index is 0.164. The van der Waals surface area contributed by atoms with Gasteiger partial charge in [0, 0.05) is 18.7 Å². The summed E-state index contributed by atoms with van der Waals surface area (Å²) in [6.45, 7) is 0.626. The van der Waals surface area contributed by atoms with E-state index >= 15 is 0 Å². The zero-order valence-corrected chi connectivity index (χ0v) is 12.1. The third-order valence-corrected chi connectivity index (χ3v) is 4.40. The van der Waals surface area contributed by atoms with Crippen molar-refractivity contribution in [2.45, 2.75) is 38.1 Å². The Labute approximate surface area is 125 Å². The largest absolute Gasteiger partial charge is 0.352 e. The summed E-state index contributed by atoms with van der Waals surface area (Å²) in [6, 6.07) is 10.1. The van der Waals surface area contributed by atoms with Crippen LogP contribution in [-0.4, -0.2) is 16.1 Å². The maximum absolute atomic E-state index is 12.2. The van der Waals surface area contributed by atoms with Gasteiger partial charge in [-0.15, -0.1) is 0 Å². The third-order valence-electron chi connectivity index (χ3n) is 4.40. The van der Waals surface area contributed by atoms with Gasteiger partial charge in [0.05, 0.1) is 6.20 Å². The molecule has 1 amide bonds. The van der Waals surface area contributed by atoms with E-state index in [0.717, 1.165) is 31.2 Å². The first kappa shape index (κ1) is 13.9. The average Bonchev–Trinajstić information content (AvgIpc) is 3.08. The molecular weight excluding hydrogens is 262 g/mol. The molecule has 1 aliphatic rings. The van der Waals surface area contributed by atoms with E-state index in [4.69, 9.17) is 0 Å². The number of benzene rings is 1. The van der Waals surface area contributed by atoms with Crippen LogP contribution in [0.3, 0.4) is 0 Å². The molecule has 21 heavy (non-hydrogen) atoms. The van der Waals surface area contributed by atoms with E-state index in [9.17, 15) is 4.79 Å². The topological polar surface area (TPSA) is 57.8 Å². The highest BCUT2D eigenvalue weighted by Gasteiger charge is 2.27. The fraction of sp³-hybridized carbons (Fsp3) is 0.412. The number of carbonyl (C=O) groups is 1. The van der Waals surface area contributed by atoms with Gasteiger partial charge < -0.3 is 5.32 Å². The van der Waals surface area contributed by atoms with Crippen LogP contribution in [0.1, 0.15) is 42.7 Å². The Morgan fingerprint density at radius 1 is 1.19 bits per heavy atom. The maximum atomic E-state index is 12.2. The molecule has 4 nitrogen and oxygen atoms in total. The lowest BCUT2D eigenvalue weighted by molar-refractivity contribution is -0.126. The molecule has 0 saturated heterocycles. The highest BCUT2D eigenvalue weighted by molar-refractivity contribution is 5.78. The van der Waals surface area contributed by atoms with Crippen LogP contribution >= 0.6 is 0 Å². The lowest BCUT2D eigenvalue weighted by Crippen LogP contribution is -2.32. The molecule has 3 rings (SSSR count). The molecule has 1 aromatic carbocycles.